The Labute approximate surface area is 123 Å². The van der Waals surface area contributed by atoms with Crippen molar-refractivity contribution in [2.75, 3.05) is 19.7 Å². The first-order chi connectivity index (χ1) is 10.3. The second-order valence-corrected chi connectivity index (χ2v) is 4.83. The smallest absolute Gasteiger partial charge is 0.422 e. The van der Waals surface area contributed by atoms with E-state index in [4.69, 9.17) is 5.11 Å². The van der Waals surface area contributed by atoms with Crippen LogP contribution in [0.3, 0.4) is 0 Å². The highest BCUT2D eigenvalue weighted by Crippen LogP contribution is 2.24. The van der Waals surface area contributed by atoms with Gasteiger partial charge in [0.05, 0.1) is 5.92 Å². The van der Waals surface area contributed by atoms with Crippen molar-refractivity contribution in [1.29, 1.82) is 0 Å². The molecule has 0 spiro atoms. The number of alkyl halides is 3. The van der Waals surface area contributed by atoms with Crippen LogP contribution in [0.5, 0.6) is 5.75 Å². The number of aliphatic carboxylic acids is 1. The van der Waals surface area contributed by atoms with E-state index in [1.165, 1.54) is 23.2 Å². The normalized spacial score (nSPS) is 18.3. The minimum atomic E-state index is -4.53. The predicted molar refractivity (Wildman–Crippen MR) is 67.4 cm³/mol. The third-order valence-corrected chi connectivity index (χ3v) is 3.19. The first kappa shape index (κ1) is 16.1. The van der Waals surface area contributed by atoms with E-state index in [1.807, 2.05) is 0 Å². The van der Waals surface area contributed by atoms with E-state index in [0.717, 1.165) is 0 Å². The number of carboxylic acid groups (broad SMARTS) is 1. The van der Waals surface area contributed by atoms with E-state index in [-0.39, 0.29) is 24.5 Å². The van der Waals surface area contributed by atoms with Crippen molar-refractivity contribution < 1.29 is 32.6 Å². The summed E-state index contributed by atoms with van der Waals surface area (Å²) in [4.78, 5) is 28.2. The van der Waals surface area contributed by atoms with Crippen molar-refractivity contribution >= 4 is 11.9 Å². The molecule has 0 aromatic carbocycles. The third-order valence-electron chi connectivity index (χ3n) is 3.19. The lowest BCUT2D eigenvalue weighted by Gasteiger charge is -2.17. The molecule has 0 radical (unpaired) electrons. The SMILES string of the molecule is O=C(O)[C@H]1CCN(C(=O)c2ncccc2OCC(F)(F)F)C1. The highest BCUT2D eigenvalue weighted by molar-refractivity contribution is 5.95. The van der Waals surface area contributed by atoms with Crippen LogP contribution in [0.1, 0.15) is 16.9 Å². The maximum atomic E-state index is 12.3. The van der Waals surface area contributed by atoms with Gasteiger partial charge >= 0.3 is 12.1 Å². The topological polar surface area (TPSA) is 79.7 Å². The van der Waals surface area contributed by atoms with E-state index in [2.05, 4.69) is 9.72 Å². The fraction of sp³-hybridized carbons (Fsp3) is 0.462. The Bertz CT molecular complexity index is 577. The number of carbonyl (C=O) groups is 2. The van der Waals surface area contributed by atoms with Crippen LogP contribution in [-0.2, 0) is 4.79 Å². The van der Waals surface area contributed by atoms with Crippen LogP contribution in [0, 0.1) is 5.92 Å². The molecule has 1 fully saturated rings. The van der Waals surface area contributed by atoms with Crippen molar-refractivity contribution in [2.45, 2.75) is 12.6 Å². The number of amides is 1. The van der Waals surface area contributed by atoms with Gasteiger partial charge in [-0.1, -0.05) is 0 Å². The quantitative estimate of drug-likeness (QED) is 0.911. The lowest BCUT2D eigenvalue weighted by molar-refractivity contribution is -0.153. The monoisotopic (exact) mass is 318 g/mol. The van der Waals surface area contributed by atoms with Gasteiger partial charge in [-0.2, -0.15) is 13.2 Å². The van der Waals surface area contributed by atoms with Crippen molar-refractivity contribution in [1.82, 2.24) is 9.88 Å². The van der Waals surface area contributed by atoms with Gasteiger partial charge in [0, 0.05) is 19.3 Å². The molecule has 120 valence electrons. The van der Waals surface area contributed by atoms with Crippen molar-refractivity contribution in [3.05, 3.63) is 24.0 Å². The molecule has 2 heterocycles. The molecule has 1 N–H and O–H groups in total. The molecule has 0 saturated carbocycles. The maximum Gasteiger partial charge on any atom is 0.422 e. The van der Waals surface area contributed by atoms with Gasteiger partial charge in [0.25, 0.3) is 5.91 Å². The molecule has 6 nitrogen and oxygen atoms in total. The Kier molecular flexibility index (Phi) is 4.53. The molecular formula is C13H13F3N2O4. The number of carboxylic acids is 1. The predicted octanol–water partition coefficient (Wildman–Crippen LogP) is 1.57. The first-order valence-corrected chi connectivity index (χ1v) is 6.44. The highest BCUT2D eigenvalue weighted by atomic mass is 19.4. The largest absolute Gasteiger partial charge is 0.482 e. The van der Waals surface area contributed by atoms with E-state index >= 15 is 0 Å². The molecule has 1 atom stereocenters. The van der Waals surface area contributed by atoms with Gasteiger partial charge in [0.1, 0.15) is 0 Å². The Morgan fingerprint density at radius 1 is 1.45 bits per heavy atom. The molecule has 1 aliphatic rings. The molecule has 2 rings (SSSR count). The van der Waals surface area contributed by atoms with Gasteiger partial charge in [-0.3, -0.25) is 9.59 Å². The summed E-state index contributed by atoms with van der Waals surface area (Å²) in [6, 6.07) is 2.57. The standard InChI is InChI=1S/C13H13F3N2O4/c14-13(15,16)7-22-9-2-1-4-17-10(9)11(19)18-5-3-8(6-18)12(20)21/h1-2,4,8H,3,5-7H2,(H,20,21)/t8-/m0/s1. The second kappa shape index (κ2) is 6.20. The molecule has 22 heavy (non-hydrogen) atoms. The van der Waals surface area contributed by atoms with Crippen LogP contribution in [0.25, 0.3) is 0 Å². The minimum Gasteiger partial charge on any atom is -0.482 e. The van der Waals surface area contributed by atoms with Gasteiger partial charge in [-0.05, 0) is 18.6 Å². The van der Waals surface area contributed by atoms with Gasteiger partial charge in [-0.25, -0.2) is 4.98 Å². The van der Waals surface area contributed by atoms with Crippen molar-refractivity contribution in [3.8, 4) is 5.75 Å². The minimum absolute atomic E-state index is 0.00342. The third kappa shape index (κ3) is 3.86. The van der Waals surface area contributed by atoms with Crippen LogP contribution >= 0.6 is 0 Å². The summed E-state index contributed by atoms with van der Waals surface area (Å²) in [7, 11) is 0. The van der Waals surface area contributed by atoms with Gasteiger partial charge in [0.2, 0.25) is 0 Å². The summed E-state index contributed by atoms with van der Waals surface area (Å²) >= 11 is 0. The summed E-state index contributed by atoms with van der Waals surface area (Å²) in [6.45, 7) is -1.31. The highest BCUT2D eigenvalue weighted by Gasteiger charge is 2.34. The number of hydrogen-bond donors (Lipinski definition) is 1. The van der Waals surface area contributed by atoms with Crippen molar-refractivity contribution in [3.63, 3.8) is 0 Å². The molecule has 0 unspecified atom stereocenters. The molecule has 9 heteroatoms. The average Bonchev–Trinajstić information content (AvgIpc) is 2.94. The Balaban J connectivity index is 2.12. The Hall–Kier alpha value is -2.32. The number of rotatable bonds is 4. The van der Waals surface area contributed by atoms with Crippen LogP contribution < -0.4 is 4.74 Å². The molecule has 1 aromatic heterocycles. The summed E-state index contributed by atoms with van der Waals surface area (Å²) in [5.74, 6) is -2.60. The summed E-state index contributed by atoms with van der Waals surface area (Å²) in [5.41, 5.74) is -0.252. The summed E-state index contributed by atoms with van der Waals surface area (Å²) in [5, 5.41) is 8.91. The van der Waals surface area contributed by atoms with E-state index in [9.17, 15) is 22.8 Å². The lowest BCUT2D eigenvalue weighted by Crippen LogP contribution is -2.31. The van der Waals surface area contributed by atoms with Gasteiger partial charge in [0.15, 0.2) is 18.1 Å². The van der Waals surface area contributed by atoms with Gasteiger partial charge < -0.3 is 14.7 Å². The molecule has 1 aromatic rings. The van der Waals surface area contributed by atoms with Crippen LogP contribution in [0.2, 0.25) is 0 Å². The fourth-order valence-electron chi connectivity index (χ4n) is 2.12. The number of ether oxygens (including phenoxy) is 1. The molecule has 0 bridgehead atoms. The summed E-state index contributed by atoms with van der Waals surface area (Å²) in [6.07, 6.45) is -2.97. The van der Waals surface area contributed by atoms with Crippen LogP contribution in [0.15, 0.2) is 18.3 Å². The fourth-order valence-corrected chi connectivity index (χ4v) is 2.12. The van der Waals surface area contributed by atoms with Crippen molar-refractivity contribution in [2.24, 2.45) is 5.92 Å². The Morgan fingerprint density at radius 3 is 2.77 bits per heavy atom. The van der Waals surface area contributed by atoms with E-state index in [1.54, 1.807) is 0 Å². The second-order valence-electron chi connectivity index (χ2n) is 4.83. The summed E-state index contributed by atoms with van der Waals surface area (Å²) < 4.78 is 41.2. The first-order valence-electron chi connectivity index (χ1n) is 6.44. The van der Waals surface area contributed by atoms with Crippen LogP contribution in [0.4, 0.5) is 13.2 Å². The molecule has 1 aliphatic heterocycles. The van der Waals surface area contributed by atoms with Gasteiger partial charge in [-0.15, -0.1) is 0 Å². The average molecular weight is 318 g/mol. The number of likely N-dealkylation sites (tertiary alicyclic amines) is 1. The zero-order chi connectivity index (χ0) is 16.3. The zero-order valence-corrected chi connectivity index (χ0v) is 11.3. The number of aromatic nitrogens is 1. The molecule has 1 saturated heterocycles. The Morgan fingerprint density at radius 2 is 2.18 bits per heavy atom. The number of pyridine rings is 1. The molecular weight excluding hydrogens is 305 g/mol. The number of nitrogens with zero attached hydrogens (tertiary/aromatic N) is 2. The number of hydrogen-bond acceptors (Lipinski definition) is 4. The molecule has 0 aliphatic carbocycles. The van der Waals surface area contributed by atoms with E-state index < -0.39 is 30.6 Å². The molecule has 1 amide bonds. The lowest BCUT2D eigenvalue weighted by atomic mass is 10.1. The number of halogens is 3. The van der Waals surface area contributed by atoms with E-state index in [0.29, 0.717) is 6.42 Å². The number of carbonyl (C=O) groups excluding carboxylic acids is 1. The maximum absolute atomic E-state index is 12.3. The van der Waals surface area contributed by atoms with Crippen LogP contribution in [-0.4, -0.2) is 52.7 Å². The zero-order valence-electron chi connectivity index (χ0n) is 11.3.